The summed E-state index contributed by atoms with van der Waals surface area (Å²) in [6.45, 7) is 0.736. The summed E-state index contributed by atoms with van der Waals surface area (Å²) in [5, 5.41) is 3.03. The molecule has 1 atom stereocenters. The van der Waals surface area contributed by atoms with E-state index in [4.69, 9.17) is 5.73 Å². The zero-order valence-corrected chi connectivity index (χ0v) is 5.20. The molecule has 3 N–H and O–H groups in total. The number of hydrogen-bond donors (Lipinski definition) is 2. The molecule has 4 heteroatoms. The summed E-state index contributed by atoms with van der Waals surface area (Å²) in [4.78, 5) is 10.4. The van der Waals surface area contributed by atoms with E-state index in [1.165, 1.54) is 0 Å². The van der Waals surface area contributed by atoms with Gasteiger partial charge in [-0.3, -0.25) is 4.79 Å². The lowest BCUT2D eigenvalue weighted by Crippen LogP contribution is -2.28. The lowest BCUT2D eigenvalue weighted by Gasteiger charge is -1.97. The van der Waals surface area contributed by atoms with E-state index in [0.29, 0.717) is 0 Å². The maximum Gasteiger partial charge on any atom is 0.231 e. The van der Waals surface area contributed by atoms with Crippen molar-refractivity contribution < 1.29 is 4.79 Å². The number of thioether (sulfide) groups is 1. The largest absolute Gasteiger partial charge is 0.369 e. The van der Waals surface area contributed by atoms with Gasteiger partial charge in [0.15, 0.2) is 0 Å². The summed E-state index contributed by atoms with van der Waals surface area (Å²) in [6.07, 6.45) is 0. The van der Waals surface area contributed by atoms with Crippen LogP contribution < -0.4 is 11.1 Å². The smallest absolute Gasteiger partial charge is 0.231 e. The van der Waals surface area contributed by atoms with E-state index in [2.05, 4.69) is 5.32 Å². The van der Waals surface area contributed by atoms with Gasteiger partial charge in [-0.2, -0.15) is 0 Å². The Morgan fingerprint density at radius 3 is 2.88 bits per heavy atom. The van der Waals surface area contributed by atoms with Gasteiger partial charge in [0.25, 0.3) is 0 Å². The summed E-state index contributed by atoms with van der Waals surface area (Å²) in [5.74, 6) is 0.646. The van der Waals surface area contributed by atoms with Crippen LogP contribution in [-0.4, -0.2) is 23.6 Å². The fourth-order valence-corrected chi connectivity index (χ4v) is 1.43. The Bertz CT molecular complexity index is 100. The van der Waals surface area contributed by atoms with Crippen LogP contribution in [0.2, 0.25) is 0 Å². The van der Waals surface area contributed by atoms with Crippen molar-refractivity contribution in [2.45, 2.75) is 5.25 Å². The minimum atomic E-state index is -0.208. The minimum Gasteiger partial charge on any atom is -0.369 e. The van der Waals surface area contributed by atoms with E-state index >= 15 is 0 Å². The van der Waals surface area contributed by atoms with Gasteiger partial charge in [-0.25, -0.2) is 0 Å². The summed E-state index contributed by atoms with van der Waals surface area (Å²) in [6, 6.07) is 0. The number of nitrogens with one attached hydrogen (secondary N) is 1. The highest BCUT2D eigenvalue weighted by atomic mass is 32.2. The van der Waals surface area contributed by atoms with Gasteiger partial charge in [-0.15, -0.1) is 11.8 Å². The van der Waals surface area contributed by atoms with Crippen LogP contribution in [0.15, 0.2) is 0 Å². The molecule has 0 aromatic carbocycles. The predicted molar refractivity (Wildman–Crippen MR) is 33.4 cm³/mol. The Morgan fingerprint density at radius 2 is 2.62 bits per heavy atom. The summed E-state index contributed by atoms with van der Waals surface area (Å²) in [5.41, 5.74) is 5.00. The Hall–Kier alpha value is -0.220. The van der Waals surface area contributed by atoms with E-state index in [1.54, 1.807) is 11.8 Å². The van der Waals surface area contributed by atoms with Gasteiger partial charge in [0.1, 0.15) is 0 Å². The number of rotatable bonds is 1. The second kappa shape index (κ2) is 2.37. The molecular formula is C4H8N2OS. The third kappa shape index (κ3) is 1.14. The molecule has 0 aromatic rings. The van der Waals surface area contributed by atoms with Gasteiger partial charge in [0.05, 0.1) is 5.25 Å². The molecule has 0 aromatic heterocycles. The van der Waals surface area contributed by atoms with E-state index in [-0.39, 0.29) is 11.2 Å². The first-order valence-corrected chi connectivity index (χ1v) is 3.47. The first kappa shape index (κ1) is 5.91. The highest BCUT2D eigenvalue weighted by molar-refractivity contribution is 8.00. The highest BCUT2D eigenvalue weighted by Crippen LogP contribution is 2.12. The monoisotopic (exact) mass is 132 g/mol. The molecule has 1 aliphatic heterocycles. The zero-order chi connectivity index (χ0) is 5.98. The fourth-order valence-electron chi connectivity index (χ4n) is 0.591. The van der Waals surface area contributed by atoms with Crippen molar-refractivity contribution in [3.63, 3.8) is 0 Å². The first-order valence-electron chi connectivity index (χ1n) is 2.42. The molecule has 46 valence electrons. The average Bonchev–Trinajstić information content (AvgIpc) is 2.12. The molecule has 0 saturated carbocycles. The van der Waals surface area contributed by atoms with Gasteiger partial charge in [-0.05, 0) is 0 Å². The Morgan fingerprint density at radius 1 is 1.88 bits per heavy atom. The molecule has 0 bridgehead atoms. The normalized spacial score (nSPS) is 28.2. The van der Waals surface area contributed by atoms with Gasteiger partial charge in [-0.1, -0.05) is 0 Å². The quantitative estimate of drug-likeness (QED) is 0.488. The van der Waals surface area contributed by atoms with Crippen LogP contribution in [-0.2, 0) is 4.79 Å². The first-order chi connectivity index (χ1) is 3.80. The van der Waals surface area contributed by atoms with Crippen LogP contribution in [0.3, 0.4) is 0 Å². The van der Waals surface area contributed by atoms with E-state index in [0.717, 1.165) is 12.4 Å². The zero-order valence-electron chi connectivity index (χ0n) is 4.39. The van der Waals surface area contributed by atoms with E-state index in [1.807, 2.05) is 0 Å². The van der Waals surface area contributed by atoms with Crippen LogP contribution in [0, 0.1) is 0 Å². The van der Waals surface area contributed by atoms with Gasteiger partial charge >= 0.3 is 0 Å². The van der Waals surface area contributed by atoms with Crippen LogP contribution in [0.5, 0.6) is 0 Å². The maximum atomic E-state index is 10.4. The molecule has 0 radical (unpaired) electrons. The molecule has 0 aliphatic carbocycles. The van der Waals surface area contributed by atoms with Crippen molar-refractivity contribution in [2.75, 3.05) is 12.4 Å². The van der Waals surface area contributed by atoms with Crippen molar-refractivity contribution in [1.82, 2.24) is 5.32 Å². The number of hydrogen-bond acceptors (Lipinski definition) is 3. The molecule has 1 aliphatic rings. The van der Waals surface area contributed by atoms with Crippen LogP contribution in [0.4, 0.5) is 0 Å². The number of nitrogens with two attached hydrogens (primary N) is 1. The van der Waals surface area contributed by atoms with Gasteiger partial charge < -0.3 is 11.1 Å². The van der Waals surface area contributed by atoms with Crippen molar-refractivity contribution in [2.24, 2.45) is 5.73 Å². The SMILES string of the molecule is NC(=O)C1CNCS1. The van der Waals surface area contributed by atoms with Crippen LogP contribution in [0.1, 0.15) is 0 Å². The minimum absolute atomic E-state index is 0.00926. The molecule has 8 heavy (non-hydrogen) atoms. The summed E-state index contributed by atoms with van der Waals surface area (Å²) < 4.78 is 0. The molecule has 3 nitrogen and oxygen atoms in total. The van der Waals surface area contributed by atoms with Crippen molar-refractivity contribution in [3.05, 3.63) is 0 Å². The number of primary amides is 1. The lowest BCUT2D eigenvalue weighted by atomic mass is 10.4. The Balaban J connectivity index is 2.35. The third-order valence-corrected chi connectivity index (χ3v) is 2.21. The summed E-state index contributed by atoms with van der Waals surface area (Å²) in [7, 11) is 0. The van der Waals surface area contributed by atoms with Crippen molar-refractivity contribution >= 4 is 17.7 Å². The second-order valence-electron chi connectivity index (χ2n) is 1.66. The lowest BCUT2D eigenvalue weighted by molar-refractivity contribution is -0.117. The van der Waals surface area contributed by atoms with Crippen molar-refractivity contribution in [1.29, 1.82) is 0 Å². The molecule has 1 saturated heterocycles. The maximum absolute atomic E-state index is 10.4. The summed E-state index contributed by atoms with van der Waals surface area (Å²) >= 11 is 1.56. The third-order valence-electron chi connectivity index (χ3n) is 1.03. The number of amides is 1. The standard InChI is InChI=1S/C4H8N2OS/c5-4(7)3-1-6-2-8-3/h3,6H,1-2H2,(H2,5,7). The molecule has 1 rings (SSSR count). The molecular weight excluding hydrogens is 124 g/mol. The molecule has 1 unspecified atom stereocenters. The topological polar surface area (TPSA) is 55.1 Å². The average molecular weight is 132 g/mol. The Kier molecular flexibility index (Phi) is 1.75. The number of carbonyl (C=O) groups is 1. The van der Waals surface area contributed by atoms with Gasteiger partial charge in [0.2, 0.25) is 5.91 Å². The second-order valence-corrected chi connectivity index (χ2v) is 2.85. The van der Waals surface area contributed by atoms with E-state index < -0.39 is 0 Å². The van der Waals surface area contributed by atoms with Gasteiger partial charge in [0, 0.05) is 12.4 Å². The molecule has 1 heterocycles. The molecule has 1 amide bonds. The fraction of sp³-hybridized carbons (Fsp3) is 0.750. The number of carbonyl (C=O) groups excluding carboxylic acids is 1. The van der Waals surface area contributed by atoms with E-state index in [9.17, 15) is 4.79 Å². The molecule has 0 spiro atoms. The highest BCUT2D eigenvalue weighted by Gasteiger charge is 2.19. The molecule has 1 fully saturated rings. The van der Waals surface area contributed by atoms with Crippen LogP contribution >= 0.6 is 11.8 Å². The predicted octanol–water partition coefficient (Wildman–Crippen LogP) is -0.866. The van der Waals surface area contributed by atoms with Crippen molar-refractivity contribution in [3.8, 4) is 0 Å². The Labute approximate surface area is 52.0 Å². The van der Waals surface area contributed by atoms with Crippen LogP contribution in [0.25, 0.3) is 0 Å².